The molecule has 4 nitrogen and oxygen atoms in total. The van der Waals surface area contributed by atoms with Gasteiger partial charge in [-0.15, -0.1) is 0 Å². The molecule has 1 aliphatic rings. The number of nitrogens with two attached hydrogens (primary N) is 1. The lowest BCUT2D eigenvalue weighted by Gasteiger charge is -2.08. The zero-order valence-electron chi connectivity index (χ0n) is 9.70. The van der Waals surface area contributed by atoms with Gasteiger partial charge in [0, 0.05) is 12.1 Å². The van der Waals surface area contributed by atoms with Gasteiger partial charge in [-0.3, -0.25) is 0 Å². The maximum atomic E-state index is 6.13. The normalized spacial score (nSPS) is 14.7. The molecule has 98 valence electrons. The lowest BCUT2D eigenvalue weighted by molar-refractivity contribution is 0.977. The summed E-state index contributed by atoms with van der Waals surface area (Å²) in [5.74, 6) is 1.42. The van der Waals surface area contributed by atoms with E-state index < -0.39 is 0 Å². The summed E-state index contributed by atoms with van der Waals surface area (Å²) in [7, 11) is 0. The molecular formula is C12H9Cl2IN4. The van der Waals surface area contributed by atoms with Gasteiger partial charge in [-0.2, -0.15) is 0 Å². The summed E-state index contributed by atoms with van der Waals surface area (Å²) in [4.78, 5) is 13.0. The Bertz CT molecular complexity index is 658. The molecule has 0 aliphatic heterocycles. The second-order valence-electron chi connectivity index (χ2n) is 4.39. The first kappa shape index (κ1) is 13.3. The number of hydrogen-bond donors (Lipinski definition) is 1. The fourth-order valence-corrected chi connectivity index (χ4v) is 2.94. The minimum absolute atomic E-state index is 0.426. The van der Waals surface area contributed by atoms with Crippen LogP contribution in [-0.4, -0.2) is 15.0 Å². The average molecular weight is 407 g/mol. The third-order valence-corrected chi connectivity index (χ3v) is 4.49. The molecule has 0 bridgehead atoms. The number of pyridine rings is 1. The number of anilines is 1. The van der Waals surface area contributed by atoms with Gasteiger partial charge >= 0.3 is 0 Å². The van der Waals surface area contributed by atoms with Gasteiger partial charge in [-0.1, -0.05) is 23.2 Å². The van der Waals surface area contributed by atoms with Gasteiger partial charge in [0.1, 0.15) is 11.5 Å². The number of rotatable bonds is 2. The number of nitrogen functional groups attached to an aromatic ring is 1. The van der Waals surface area contributed by atoms with Crippen LogP contribution in [0.3, 0.4) is 0 Å². The highest BCUT2D eigenvalue weighted by molar-refractivity contribution is 14.1. The summed E-state index contributed by atoms with van der Waals surface area (Å²) in [5.41, 5.74) is 7.46. The van der Waals surface area contributed by atoms with E-state index in [1.807, 2.05) is 0 Å². The van der Waals surface area contributed by atoms with Crippen molar-refractivity contribution in [3.8, 4) is 11.5 Å². The Kier molecular flexibility index (Phi) is 3.53. The fourth-order valence-electron chi connectivity index (χ4n) is 1.79. The molecule has 7 heteroatoms. The molecule has 19 heavy (non-hydrogen) atoms. The second-order valence-corrected chi connectivity index (χ2v) is 6.31. The van der Waals surface area contributed by atoms with Crippen LogP contribution < -0.4 is 5.73 Å². The van der Waals surface area contributed by atoms with Crippen molar-refractivity contribution >= 4 is 51.6 Å². The largest absolute Gasteiger partial charge is 0.383 e. The molecule has 2 N–H and O–H groups in total. The molecule has 1 fully saturated rings. The van der Waals surface area contributed by atoms with E-state index in [0.29, 0.717) is 33.3 Å². The van der Waals surface area contributed by atoms with E-state index >= 15 is 0 Å². The SMILES string of the molecule is Nc1nc(-c2ncc(Cl)cc2Cl)nc(C2CC2)c1I. The highest BCUT2D eigenvalue weighted by Gasteiger charge is 2.29. The zero-order chi connectivity index (χ0) is 13.6. The van der Waals surface area contributed by atoms with Gasteiger partial charge in [0.2, 0.25) is 0 Å². The van der Waals surface area contributed by atoms with Crippen molar-refractivity contribution < 1.29 is 0 Å². The Hall–Kier alpha value is -0.660. The third-order valence-electron chi connectivity index (χ3n) is 2.89. The maximum Gasteiger partial charge on any atom is 0.182 e. The van der Waals surface area contributed by atoms with Crippen LogP contribution in [0.15, 0.2) is 12.3 Å². The van der Waals surface area contributed by atoms with Crippen LogP contribution in [0.25, 0.3) is 11.5 Å². The maximum absolute atomic E-state index is 6.13. The smallest absolute Gasteiger partial charge is 0.182 e. The monoisotopic (exact) mass is 406 g/mol. The van der Waals surface area contributed by atoms with Gasteiger partial charge in [0.05, 0.1) is 19.3 Å². The van der Waals surface area contributed by atoms with E-state index in [-0.39, 0.29) is 0 Å². The average Bonchev–Trinajstić information content (AvgIpc) is 3.17. The molecule has 2 aromatic rings. The molecule has 0 amide bonds. The van der Waals surface area contributed by atoms with Crippen molar-refractivity contribution in [2.75, 3.05) is 5.73 Å². The van der Waals surface area contributed by atoms with E-state index in [4.69, 9.17) is 28.9 Å². The van der Waals surface area contributed by atoms with Crippen LogP contribution in [0.2, 0.25) is 10.0 Å². The van der Waals surface area contributed by atoms with Gasteiger partial charge in [-0.25, -0.2) is 15.0 Å². The third kappa shape index (κ3) is 2.64. The number of aromatic nitrogens is 3. The molecule has 0 aromatic carbocycles. The molecule has 0 spiro atoms. The molecule has 1 aliphatic carbocycles. The van der Waals surface area contributed by atoms with Crippen LogP contribution in [0.4, 0.5) is 5.82 Å². The Morgan fingerprint density at radius 1 is 1.26 bits per heavy atom. The lowest BCUT2D eigenvalue weighted by atomic mass is 10.2. The minimum atomic E-state index is 0.426. The Labute approximate surface area is 133 Å². The van der Waals surface area contributed by atoms with Crippen LogP contribution in [-0.2, 0) is 0 Å². The minimum Gasteiger partial charge on any atom is -0.383 e. The van der Waals surface area contributed by atoms with E-state index in [0.717, 1.165) is 22.1 Å². The second kappa shape index (κ2) is 5.03. The van der Waals surface area contributed by atoms with Crippen molar-refractivity contribution in [1.82, 2.24) is 15.0 Å². The van der Waals surface area contributed by atoms with E-state index in [1.54, 1.807) is 6.07 Å². The molecule has 2 heterocycles. The first-order valence-corrected chi connectivity index (χ1v) is 7.54. The summed E-state index contributed by atoms with van der Waals surface area (Å²) in [6, 6.07) is 1.62. The first-order chi connectivity index (χ1) is 9.06. The van der Waals surface area contributed by atoms with Crippen molar-refractivity contribution in [2.45, 2.75) is 18.8 Å². The number of hydrogen-bond acceptors (Lipinski definition) is 4. The predicted octanol–water partition coefficient (Wildman–Crippen LogP) is 3.91. The summed E-state index contributed by atoms with van der Waals surface area (Å²) < 4.78 is 0.925. The van der Waals surface area contributed by atoms with Crippen molar-refractivity contribution in [3.05, 3.63) is 31.6 Å². The van der Waals surface area contributed by atoms with Crippen molar-refractivity contribution in [3.63, 3.8) is 0 Å². The van der Waals surface area contributed by atoms with Gasteiger partial charge in [0.15, 0.2) is 5.82 Å². The van der Waals surface area contributed by atoms with Crippen molar-refractivity contribution in [2.24, 2.45) is 0 Å². The first-order valence-electron chi connectivity index (χ1n) is 5.70. The molecule has 3 rings (SSSR count). The Morgan fingerprint density at radius 2 is 2.00 bits per heavy atom. The highest BCUT2D eigenvalue weighted by Crippen LogP contribution is 2.42. The van der Waals surface area contributed by atoms with Crippen LogP contribution >= 0.6 is 45.8 Å². The van der Waals surface area contributed by atoms with Crippen LogP contribution in [0.1, 0.15) is 24.5 Å². The quantitative estimate of drug-likeness (QED) is 0.768. The van der Waals surface area contributed by atoms with Crippen molar-refractivity contribution in [1.29, 1.82) is 0 Å². The molecule has 0 saturated heterocycles. The topological polar surface area (TPSA) is 64.7 Å². The molecule has 0 radical (unpaired) electrons. The Morgan fingerprint density at radius 3 is 2.63 bits per heavy atom. The van der Waals surface area contributed by atoms with Crippen LogP contribution in [0.5, 0.6) is 0 Å². The van der Waals surface area contributed by atoms with Crippen LogP contribution in [0, 0.1) is 3.57 Å². The summed E-state index contributed by atoms with van der Waals surface area (Å²) >= 11 is 14.2. The Balaban J connectivity index is 2.14. The molecular weight excluding hydrogens is 398 g/mol. The lowest BCUT2D eigenvalue weighted by Crippen LogP contribution is -2.05. The van der Waals surface area contributed by atoms with Gasteiger partial charge in [0.25, 0.3) is 0 Å². The van der Waals surface area contributed by atoms with E-state index in [2.05, 4.69) is 37.5 Å². The van der Waals surface area contributed by atoms with E-state index in [9.17, 15) is 0 Å². The molecule has 0 atom stereocenters. The van der Waals surface area contributed by atoms with Gasteiger partial charge in [-0.05, 0) is 41.5 Å². The number of nitrogens with zero attached hydrogens (tertiary/aromatic N) is 3. The van der Waals surface area contributed by atoms with E-state index in [1.165, 1.54) is 6.20 Å². The highest BCUT2D eigenvalue weighted by atomic mass is 127. The summed E-state index contributed by atoms with van der Waals surface area (Å²) in [5, 5.41) is 0.907. The predicted molar refractivity (Wildman–Crippen MR) is 84.4 cm³/mol. The van der Waals surface area contributed by atoms with Gasteiger partial charge < -0.3 is 5.73 Å². The summed E-state index contributed by atoms with van der Waals surface area (Å²) in [6.45, 7) is 0. The zero-order valence-corrected chi connectivity index (χ0v) is 13.4. The fraction of sp³-hybridized carbons (Fsp3) is 0.250. The summed E-state index contributed by atoms with van der Waals surface area (Å²) in [6.07, 6.45) is 3.82. The molecule has 1 saturated carbocycles. The molecule has 0 unspecified atom stereocenters. The standard InChI is InChI=1S/C12H9Cl2IN4/c13-6-3-7(14)10(17-4-6)12-18-9(5-1-2-5)8(15)11(16)19-12/h3-5H,1-2H2,(H2,16,18,19). The number of halogens is 3. The molecule has 2 aromatic heterocycles.